The second-order valence-corrected chi connectivity index (χ2v) is 10.7. The minimum absolute atomic E-state index is 0.0185. The number of urea groups is 1. The zero-order valence-electron chi connectivity index (χ0n) is 15.8. The molecule has 28 heavy (non-hydrogen) atoms. The molecule has 0 fully saturated rings. The van der Waals surface area contributed by atoms with E-state index in [9.17, 15) is 14.1 Å². The molecule has 0 spiro atoms. The van der Waals surface area contributed by atoms with Crippen molar-refractivity contribution in [1.82, 2.24) is 9.97 Å². The first-order valence-electron chi connectivity index (χ1n) is 9.23. The third-order valence-corrected chi connectivity index (χ3v) is 8.15. The van der Waals surface area contributed by atoms with E-state index in [2.05, 4.69) is 14.7 Å². The maximum Gasteiger partial charge on any atom is 0.354 e. The molecule has 0 bridgehead atoms. The molecule has 2 aromatic rings. The smallest absolute Gasteiger partial charge is 0.354 e. The van der Waals surface area contributed by atoms with E-state index in [4.69, 9.17) is 10.1 Å². The van der Waals surface area contributed by atoms with Crippen LogP contribution in [0.25, 0.3) is 0 Å². The van der Waals surface area contributed by atoms with Crippen molar-refractivity contribution in [3.8, 4) is 0 Å². The number of amides is 2. The van der Waals surface area contributed by atoms with Crippen LogP contribution in [-0.4, -0.2) is 25.3 Å². The van der Waals surface area contributed by atoms with Crippen molar-refractivity contribution >= 4 is 33.0 Å². The molecule has 0 saturated carbocycles. The molecule has 2 amide bonds. The number of nitrogens with one attached hydrogen (secondary N) is 1. The first-order valence-corrected chi connectivity index (χ1v) is 11.6. The SMILES string of the molecule is CC(C)(O)c1cnc([S@](N)(=O)=NC(=O)Nc2c3c(nc4c2CCC4)CCC3)s1. The van der Waals surface area contributed by atoms with Crippen LogP contribution in [0.3, 0.4) is 0 Å². The molecule has 2 aliphatic carbocycles. The van der Waals surface area contributed by atoms with E-state index in [1.165, 1.54) is 6.20 Å². The van der Waals surface area contributed by atoms with Crippen molar-refractivity contribution in [2.24, 2.45) is 9.50 Å². The summed E-state index contributed by atoms with van der Waals surface area (Å²) in [6, 6.07) is -0.748. The zero-order valence-corrected chi connectivity index (χ0v) is 17.5. The second kappa shape index (κ2) is 6.87. The topological polar surface area (TPSA) is 131 Å². The number of anilines is 1. The minimum atomic E-state index is -3.50. The number of nitrogens with zero attached hydrogens (tertiary/aromatic N) is 3. The van der Waals surface area contributed by atoms with Gasteiger partial charge in [-0.15, -0.1) is 15.7 Å². The van der Waals surface area contributed by atoms with Crippen LogP contribution in [-0.2, 0) is 41.2 Å². The Balaban J connectivity index is 1.65. The van der Waals surface area contributed by atoms with Gasteiger partial charge in [-0.05, 0) is 63.5 Å². The molecule has 4 rings (SSSR count). The van der Waals surface area contributed by atoms with Gasteiger partial charge in [0.15, 0.2) is 9.92 Å². The molecular weight excluding hydrogens is 398 g/mol. The van der Waals surface area contributed by atoms with Crippen LogP contribution in [0.15, 0.2) is 14.9 Å². The molecule has 2 aromatic heterocycles. The Kier molecular flexibility index (Phi) is 4.77. The fraction of sp³-hybridized carbons (Fsp3) is 0.500. The summed E-state index contributed by atoms with van der Waals surface area (Å²) < 4.78 is 16.5. The van der Waals surface area contributed by atoms with E-state index in [0.29, 0.717) is 4.88 Å². The molecule has 0 aliphatic heterocycles. The number of fused-ring (bicyclic) bond motifs is 2. The summed E-state index contributed by atoms with van der Waals surface area (Å²) in [7, 11) is -3.50. The monoisotopic (exact) mass is 421 g/mol. The van der Waals surface area contributed by atoms with Crippen LogP contribution in [0.4, 0.5) is 10.5 Å². The highest BCUT2D eigenvalue weighted by molar-refractivity contribution is 7.93. The number of aliphatic hydroxyl groups is 1. The number of rotatable bonds is 3. The highest BCUT2D eigenvalue weighted by Gasteiger charge is 2.27. The largest absolute Gasteiger partial charge is 0.385 e. The van der Waals surface area contributed by atoms with E-state index in [0.717, 1.165) is 78.1 Å². The summed E-state index contributed by atoms with van der Waals surface area (Å²) in [5.41, 5.74) is 3.84. The van der Waals surface area contributed by atoms with Crippen LogP contribution >= 0.6 is 11.3 Å². The molecule has 0 radical (unpaired) electrons. The predicted octanol–water partition coefficient (Wildman–Crippen LogP) is 2.68. The lowest BCUT2D eigenvalue weighted by molar-refractivity contribution is 0.0823. The Morgan fingerprint density at radius 2 is 1.86 bits per heavy atom. The summed E-state index contributed by atoms with van der Waals surface area (Å²) in [5.74, 6) is 0. The summed E-state index contributed by atoms with van der Waals surface area (Å²) in [6.07, 6.45) is 6.98. The Bertz CT molecular complexity index is 1050. The molecule has 0 saturated heterocycles. The van der Waals surface area contributed by atoms with E-state index < -0.39 is 21.5 Å². The molecule has 0 aromatic carbocycles. The summed E-state index contributed by atoms with van der Waals surface area (Å²) in [5, 5.41) is 18.7. The summed E-state index contributed by atoms with van der Waals surface area (Å²) in [6.45, 7) is 3.19. The van der Waals surface area contributed by atoms with Gasteiger partial charge in [0.2, 0.25) is 4.34 Å². The fourth-order valence-electron chi connectivity index (χ4n) is 3.70. The Morgan fingerprint density at radius 1 is 1.25 bits per heavy atom. The minimum Gasteiger partial charge on any atom is -0.385 e. The average molecular weight is 422 g/mol. The highest BCUT2D eigenvalue weighted by Crippen LogP contribution is 2.36. The summed E-state index contributed by atoms with van der Waals surface area (Å²) >= 11 is 0.990. The number of aromatic nitrogens is 2. The maximum absolute atomic E-state index is 12.8. The van der Waals surface area contributed by atoms with E-state index in [-0.39, 0.29) is 4.34 Å². The summed E-state index contributed by atoms with van der Waals surface area (Å²) in [4.78, 5) is 21.8. The van der Waals surface area contributed by atoms with Crippen molar-refractivity contribution in [3.63, 3.8) is 0 Å². The van der Waals surface area contributed by atoms with Crippen LogP contribution < -0.4 is 10.5 Å². The molecule has 0 unspecified atom stereocenters. The normalized spacial score (nSPS) is 17.7. The number of carbonyl (C=O) groups is 1. The van der Waals surface area contributed by atoms with Gasteiger partial charge in [0.05, 0.1) is 16.2 Å². The molecule has 4 N–H and O–H groups in total. The number of nitrogens with two attached hydrogens (primary N) is 1. The van der Waals surface area contributed by atoms with E-state index >= 15 is 0 Å². The molecule has 1 atom stereocenters. The number of aryl methyl sites for hydroxylation is 2. The van der Waals surface area contributed by atoms with Gasteiger partial charge in [-0.1, -0.05) is 0 Å². The third kappa shape index (κ3) is 3.57. The number of pyridine rings is 1. The van der Waals surface area contributed by atoms with Crippen molar-refractivity contribution < 1.29 is 14.1 Å². The number of hydrogen-bond acceptors (Lipinski definition) is 6. The van der Waals surface area contributed by atoms with Crippen LogP contribution in [0, 0.1) is 0 Å². The van der Waals surface area contributed by atoms with Crippen LogP contribution in [0.2, 0.25) is 0 Å². The maximum atomic E-state index is 12.8. The van der Waals surface area contributed by atoms with Gasteiger partial charge in [-0.2, -0.15) is 0 Å². The highest BCUT2D eigenvalue weighted by atomic mass is 32.2. The second-order valence-electron chi connectivity index (χ2n) is 7.68. The van der Waals surface area contributed by atoms with Gasteiger partial charge in [-0.25, -0.2) is 19.1 Å². The fourth-order valence-corrected chi connectivity index (χ4v) is 5.79. The van der Waals surface area contributed by atoms with Gasteiger partial charge in [0.25, 0.3) is 0 Å². The van der Waals surface area contributed by atoms with Gasteiger partial charge in [0, 0.05) is 17.6 Å². The van der Waals surface area contributed by atoms with Gasteiger partial charge < -0.3 is 10.4 Å². The first kappa shape index (κ1) is 19.4. The van der Waals surface area contributed by atoms with Gasteiger partial charge in [0.1, 0.15) is 0 Å². The standard InChI is InChI=1S/C18H23N5O3S2/c1-18(2,25)14-9-20-17(27-14)28(19,26)23-16(24)22-15-10-5-3-7-12(10)21-13-8-4-6-11(13)15/h9,25H,3-8H2,1-2H3,(H3,19,21,22,23,24,26)/t28-/m1/s1. The lowest BCUT2D eigenvalue weighted by Crippen LogP contribution is -2.19. The van der Waals surface area contributed by atoms with Crippen molar-refractivity contribution in [2.45, 2.75) is 62.3 Å². The molecule has 8 nitrogen and oxygen atoms in total. The number of hydrogen-bond donors (Lipinski definition) is 3. The Hall–Kier alpha value is -1.88. The lowest BCUT2D eigenvalue weighted by atomic mass is 10.1. The van der Waals surface area contributed by atoms with Crippen molar-refractivity contribution in [3.05, 3.63) is 33.6 Å². The average Bonchev–Trinajstić information content (AvgIpc) is 3.33. The Morgan fingerprint density at radius 3 is 2.39 bits per heavy atom. The van der Waals surface area contributed by atoms with Crippen molar-refractivity contribution in [2.75, 3.05) is 5.32 Å². The lowest BCUT2D eigenvalue weighted by Gasteiger charge is -2.14. The quantitative estimate of drug-likeness (QED) is 0.701. The third-order valence-electron chi connectivity index (χ3n) is 5.04. The molecule has 2 aliphatic rings. The van der Waals surface area contributed by atoms with E-state index in [1.54, 1.807) is 13.8 Å². The van der Waals surface area contributed by atoms with Crippen LogP contribution in [0.5, 0.6) is 0 Å². The molecule has 10 heteroatoms. The molecular formula is C18H23N5O3S2. The predicted molar refractivity (Wildman–Crippen MR) is 108 cm³/mol. The first-order chi connectivity index (χ1) is 13.1. The number of carbonyl (C=O) groups excluding carboxylic acids is 1. The Labute approximate surface area is 167 Å². The van der Waals surface area contributed by atoms with E-state index in [1.807, 2.05) is 0 Å². The van der Waals surface area contributed by atoms with Crippen LogP contribution in [0.1, 0.15) is 54.1 Å². The molecule has 150 valence electrons. The zero-order chi connectivity index (χ0) is 20.1. The molecule has 2 heterocycles. The van der Waals surface area contributed by atoms with Crippen molar-refractivity contribution in [1.29, 1.82) is 0 Å². The number of thiazole rings is 1. The van der Waals surface area contributed by atoms with Gasteiger partial charge >= 0.3 is 6.03 Å². The van der Waals surface area contributed by atoms with Gasteiger partial charge in [-0.3, -0.25) is 4.98 Å².